The van der Waals surface area contributed by atoms with Crippen molar-refractivity contribution in [2.75, 3.05) is 0 Å². The van der Waals surface area contributed by atoms with Gasteiger partial charge in [0.15, 0.2) is 0 Å². The second-order valence-corrected chi connectivity index (χ2v) is 7.09. The van der Waals surface area contributed by atoms with Crippen LogP contribution in [-0.4, -0.2) is 0 Å². The normalized spacial score (nSPS) is 12.6. The Kier molecular flexibility index (Phi) is 4.13. The van der Waals surface area contributed by atoms with Crippen LogP contribution < -0.4 is 0 Å². The summed E-state index contributed by atoms with van der Waals surface area (Å²) in [4.78, 5) is 0.227. The van der Waals surface area contributed by atoms with E-state index >= 15 is 0 Å². The Labute approximate surface area is 141 Å². The smallest absolute Gasteiger partial charge is 0.0650 e. The molecule has 0 nitrogen and oxygen atoms in total. The molecule has 100 valence electrons. The van der Waals surface area contributed by atoms with Gasteiger partial charge in [-0.25, -0.2) is 0 Å². The highest BCUT2D eigenvalue weighted by molar-refractivity contribution is 14.1. The molecule has 0 heterocycles. The van der Waals surface area contributed by atoms with Crippen molar-refractivity contribution in [1.82, 2.24) is 0 Å². The molecule has 0 saturated carbocycles. The van der Waals surface area contributed by atoms with Gasteiger partial charge in [0.05, 0.1) is 4.83 Å². The molecular weight excluding hydrogens is 423 g/mol. The number of hydrogen-bond donors (Lipinski definition) is 0. The first-order chi connectivity index (χ1) is 9.66. The third kappa shape index (κ3) is 2.63. The van der Waals surface area contributed by atoms with E-state index in [4.69, 9.17) is 0 Å². The molecule has 3 aromatic rings. The van der Waals surface area contributed by atoms with Gasteiger partial charge in [0.1, 0.15) is 0 Å². The Balaban J connectivity index is 2.14. The third-order valence-corrected chi connectivity index (χ3v) is 5.35. The summed E-state index contributed by atoms with van der Waals surface area (Å²) < 4.78 is 1.26. The average Bonchev–Trinajstić information content (AvgIpc) is 2.48. The summed E-state index contributed by atoms with van der Waals surface area (Å²) >= 11 is 6.20. The Morgan fingerprint density at radius 1 is 0.850 bits per heavy atom. The molecule has 0 saturated heterocycles. The topological polar surface area (TPSA) is 0 Å². The van der Waals surface area contributed by atoms with Crippen LogP contribution in [-0.2, 0) is 0 Å². The lowest BCUT2D eigenvalue weighted by atomic mass is 9.96. The molecule has 0 N–H and O–H groups in total. The first-order valence-corrected chi connectivity index (χ1v) is 8.54. The van der Waals surface area contributed by atoms with Gasteiger partial charge < -0.3 is 0 Å². The predicted molar refractivity (Wildman–Crippen MR) is 98.6 cm³/mol. The highest BCUT2D eigenvalue weighted by Gasteiger charge is 2.13. The highest BCUT2D eigenvalue weighted by Crippen LogP contribution is 2.36. The van der Waals surface area contributed by atoms with Gasteiger partial charge in [-0.05, 0) is 69.1 Å². The van der Waals surface area contributed by atoms with E-state index in [9.17, 15) is 0 Å². The Bertz CT molecular complexity index is 747. The number of hydrogen-bond acceptors (Lipinski definition) is 0. The van der Waals surface area contributed by atoms with Crippen molar-refractivity contribution in [1.29, 1.82) is 0 Å². The minimum Gasteiger partial charge on any atom is -0.0786 e. The standard InChI is InChI=1S/C18H14BrI/c1-12-6-11-17(16-5-3-2-4-15(12)16)18(19)13-7-9-14(20)10-8-13/h2-11,18H,1H3. The van der Waals surface area contributed by atoms with E-state index in [-0.39, 0.29) is 4.83 Å². The van der Waals surface area contributed by atoms with Crippen LogP contribution in [0.5, 0.6) is 0 Å². The van der Waals surface area contributed by atoms with Crippen LogP contribution in [0.15, 0.2) is 60.7 Å². The van der Waals surface area contributed by atoms with E-state index in [0.29, 0.717) is 0 Å². The monoisotopic (exact) mass is 436 g/mol. The van der Waals surface area contributed by atoms with Crippen molar-refractivity contribution in [2.24, 2.45) is 0 Å². The first-order valence-electron chi connectivity index (χ1n) is 6.54. The summed E-state index contributed by atoms with van der Waals surface area (Å²) in [5.41, 5.74) is 3.94. The van der Waals surface area contributed by atoms with Gasteiger partial charge in [-0.2, -0.15) is 0 Å². The first kappa shape index (κ1) is 14.1. The minimum atomic E-state index is 0.227. The number of rotatable bonds is 2. The minimum absolute atomic E-state index is 0.227. The number of fused-ring (bicyclic) bond motifs is 1. The lowest BCUT2D eigenvalue weighted by Crippen LogP contribution is -1.95. The van der Waals surface area contributed by atoms with Gasteiger partial charge in [-0.15, -0.1) is 0 Å². The van der Waals surface area contributed by atoms with E-state index in [1.165, 1.54) is 31.0 Å². The Morgan fingerprint density at radius 3 is 2.20 bits per heavy atom. The maximum atomic E-state index is 3.86. The van der Waals surface area contributed by atoms with Gasteiger partial charge in [0.2, 0.25) is 0 Å². The molecule has 3 rings (SSSR count). The zero-order valence-corrected chi connectivity index (χ0v) is 14.9. The summed E-state index contributed by atoms with van der Waals surface area (Å²) in [6, 6.07) is 21.7. The molecule has 20 heavy (non-hydrogen) atoms. The quantitative estimate of drug-likeness (QED) is 0.329. The average molecular weight is 437 g/mol. The van der Waals surface area contributed by atoms with Crippen molar-refractivity contribution in [3.05, 3.63) is 80.9 Å². The fourth-order valence-corrected chi connectivity index (χ4v) is 3.57. The van der Waals surface area contributed by atoms with Gasteiger partial charge in [-0.1, -0.05) is 64.5 Å². The molecule has 0 aliphatic rings. The Hall–Kier alpha value is -0.870. The third-order valence-electron chi connectivity index (χ3n) is 3.61. The molecule has 0 spiro atoms. The number of aryl methyl sites for hydroxylation is 1. The molecule has 2 heteroatoms. The molecule has 3 aromatic carbocycles. The van der Waals surface area contributed by atoms with Crippen LogP contribution >= 0.6 is 38.5 Å². The molecule has 0 aliphatic heterocycles. The van der Waals surface area contributed by atoms with Crippen LogP contribution in [0.25, 0.3) is 10.8 Å². The van der Waals surface area contributed by atoms with E-state index in [2.05, 4.69) is 106 Å². The maximum absolute atomic E-state index is 3.86. The molecule has 0 bridgehead atoms. The van der Waals surface area contributed by atoms with Crippen LogP contribution in [0.2, 0.25) is 0 Å². The fraction of sp³-hybridized carbons (Fsp3) is 0.111. The predicted octanol–water partition coefficient (Wildman–Crippen LogP) is 6.24. The molecule has 0 radical (unpaired) electrons. The second-order valence-electron chi connectivity index (χ2n) is 4.93. The van der Waals surface area contributed by atoms with Crippen molar-refractivity contribution in [3.8, 4) is 0 Å². The van der Waals surface area contributed by atoms with Crippen molar-refractivity contribution in [2.45, 2.75) is 11.8 Å². The lowest BCUT2D eigenvalue weighted by molar-refractivity contribution is 1.19. The van der Waals surface area contributed by atoms with E-state index in [1.54, 1.807) is 0 Å². The highest BCUT2D eigenvalue weighted by atomic mass is 127. The molecule has 0 aliphatic carbocycles. The number of benzene rings is 3. The number of halogens is 2. The molecule has 0 fully saturated rings. The SMILES string of the molecule is Cc1ccc(C(Br)c2ccc(I)cc2)c2ccccc12. The van der Waals surface area contributed by atoms with E-state index < -0.39 is 0 Å². The van der Waals surface area contributed by atoms with Crippen LogP contribution in [0.1, 0.15) is 21.5 Å². The molecule has 0 amide bonds. The Morgan fingerprint density at radius 2 is 1.50 bits per heavy atom. The van der Waals surface area contributed by atoms with Gasteiger partial charge >= 0.3 is 0 Å². The second kappa shape index (κ2) is 5.86. The fourth-order valence-electron chi connectivity index (χ4n) is 2.51. The van der Waals surface area contributed by atoms with Crippen molar-refractivity contribution < 1.29 is 0 Å². The largest absolute Gasteiger partial charge is 0.0786 e. The zero-order chi connectivity index (χ0) is 14.1. The van der Waals surface area contributed by atoms with Crippen molar-refractivity contribution >= 4 is 49.3 Å². The maximum Gasteiger partial charge on any atom is 0.0650 e. The van der Waals surface area contributed by atoms with Crippen LogP contribution in [0.4, 0.5) is 0 Å². The molecule has 1 unspecified atom stereocenters. The summed E-state index contributed by atoms with van der Waals surface area (Å²) in [7, 11) is 0. The van der Waals surface area contributed by atoms with E-state index in [0.717, 1.165) is 0 Å². The van der Waals surface area contributed by atoms with Crippen molar-refractivity contribution in [3.63, 3.8) is 0 Å². The lowest BCUT2D eigenvalue weighted by Gasteiger charge is -2.15. The molecule has 0 aromatic heterocycles. The van der Waals surface area contributed by atoms with Crippen LogP contribution in [0.3, 0.4) is 0 Å². The van der Waals surface area contributed by atoms with Gasteiger partial charge in [0.25, 0.3) is 0 Å². The summed E-state index contributed by atoms with van der Waals surface area (Å²) in [5.74, 6) is 0. The zero-order valence-electron chi connectivity index (χ0n) is 11.1. The summed E-state index contributed by atoms with van der Waals surface area (Å²) in [6.45, 7) is 2.17. The molecular formula is C18H14BrI. The summed E-state index contributed by atoms with van der Waals surface area (Å²) in [5, 5.41) is 2.66. The van der Waals surface area contributed by atoms with E-state index in [1.807, 2.05) is 0 Å². The molecule has 1 atom stereocenters. The number of alkyl halides is 1. The van der Waals surface area contributed by atoms with Gasteiger partial charge in [-0.3, -0.25) is 0 Å². The van der Waals surface area contributed by atoms with Gasteiger partial charge in [0, 0.05) is 3.57 Å². The van der Waals surface area contributed by atoms with Crippen LogP contribution in [0, 0.1) is 10.5 Å². The summed E-state index contributed by atoms with van der Waals surface area (Å²) in [6.07, 6.45) is 0.